The predicted molar refractivity (Wildman–Crippen MR) is 140 cm³/mol. The van der Waals surface area contributed by atoms with Crippen molar-refractivity contribution in [3.05, 3.63) is 121 Å². The van der Waals surface area contributed by atoms with Crippen molar-refractivity contribution >= 4 is 29.1 Å². The minimum Gasteiger partial charge on any atom is -0.463 e. The van der Waals surface area contributed by atoms with Crippen molar-refractivity contribution in [2.75, 3.05) is 13.4 Å². The van der Waals surface area contributed by atoms with Crippen LogP contribution in [0.1, 0.15) is 29.7 Å². The van der Waals surface area contributed by atoms with E-state index in [1.54, 1.807) is 37.3 Å². The molecule has 190 valence electrons. The highest BCUT2D eigenvalue weighted by atomic mass is 32.1. The smallest absolute Gasteiger partial charge is 0.338 e. The Morgan fingerprint density at radius 1 is 1.11 bits per heavy atom. The van der Waals surface area contributed by atoms with E-state index in [-0.39, 0.29) is 30.3 Å². The van der Waals surface area contributed by atoms with Crippen molar-refractivity contribution in [3.63, 3.8) is 0 Å². The maximum Gasteiger partial charge on any atom is 0.338 e. The van der Waals surface area contributed by atoms with Crippen LogP contribution in [0.2, 0.25) is 0 Å². The summed E-state index contributed by atoms with van der Waals surface area (Å²) in [4.78, 5) is 32.6. The summed E-state index contributed by atoms with van der Waals surface area (Å²) in [7, 11) is 0. The van der Waals surface area contributed by atoms with Crippen molar-refractivity contribution in [2.24, 2.45) is 4.99 Å². The van der Waals surface area contributed by atoms with Crippen LogP contribution in [-0.4, -0.2) is 23.9 Å². The zero-order valence-corrected chi connectivity index (χ0v) is 21.0. The second-order valence-electron chi connectivity index (χ2n) is 8.60. The number of carbonyl (C=O) groups is 1. The fourth-order valence-corrected chi connectivity index (χ4v) is 5.55. The van der Waals surface area contributed by atoms with E-state index in [1.807, 2.05) is 36.4 Å². The van der Waals surface area contributed by atoms with Crippen molar-refractivity contribution in [1.29, 1.82) is 0 Å². The van der Waals surface area contributed by atoms with E-state index >= 15 is 0 Å². The second-order valence-corrected chi connectivity index (χ2v) is 9.60. The van der Waals surface area contributed by atoms with Gasteiger partial charge >= 0.3 is 5.97 Å². The van der Waals surface area contributed by atoms with Crippen LogP contribution in [-0.2, 0) is 9.53 Å². The lowest BCUT2D eigenvalue weighted by Crippen LogP contribution is -2.40. The van der Waals surface area contributed by atoms with Crippen LogP contribution < -0.4 is 24.4 Å². The highest BCUT2D eigenvalue weighted by molar-refractivity contribution is 7.07. The van der Waals surface area contributed by atoms with E-state index in [4.69, 9.17) is 19.2 Å². The normalized spacial score (nSPS) is 16.3. The van der Waals surface area contributed by atoms with Crippen molar-refractivity contribution in [1.82, 2.24) is 4.57 Å². The molecule has 2 aliphatic rings. The highest BCUT2D eigenvalue weighted by Crippen LogP contribution is 2.40. The fraction of sp³-hybridized carbons (Fsp3) is 0.138. The minimum absolute atomic E-state index is 0.0923. The Labute approximate surface area is 220 Å². The molecule has 38 heavy (non-hydrogen) atoms. The Kier molecular flexibility index (Phi) is 6.13. The van der Waals surface area contributed by atoms with Gasteiger partial charge in [0.2, 0.25) is 6.79 Å². The Balaban J connectivity index is 1.64. The topological polar surface area (TPSA) is 79.1 Å². The van der Waals surface area contributed by atoms with Crippen molar-refractivity contribution < 1.29 is 23.4 Å². The van der Waals surface area contributed by atoms with E-state index in [0.717, 1.165) is 5.56 Å². The third kappa shape index (κ3) is 4.20. The van der Waals surface area contributed by atoms with Crippen LogP contribution in [0, 0.1) is 5.82 Å². The molecule has 0 amide bonds. The van der Waals surface area contributed by atoms with Gasteiger partial charge in [0.15, 0.2) is 16.3 Å². The summed E-state index contributed by atoms with van der Waals surface area (Å²) in [6, 6.07) is 19.7. The monoisotopic (exact) mass is 528 g/mol. The number of nitrogens with zero attached hydrogens (tertiary/aromatic N) is 2. The molecule has 0 spiro atoms. The molecule has 6 rings (SSSR count). The lowest BCUT2D eigenvalue weighted by molar-refractivity contribution is -0.138. The van der Waals surface area contributed by atoms with Crippen LogP contribution >= 0.6 is 11.3 Å². The van der Waals surface area contributed by atoms with Crippen LogP contribution in [0.5, 0.6) is 11.5 Å². The Hall–Kier alpha value is -4.50. The molecule has 0 bridgehead atoms. The molecule has 3 heterocycles. The van der Waals surface area contributed by atoms with Gasteiger partial charge in [0.05, 0.1) is 28.5 Å². The molecule has 0 saturated heterocycles. The van der Waals surface area contributed by atoms with E-state index < -0.39 is 12.0 Å². The van der Waals surface area contributed by atoms with Gasteiger partial charge in [0.1, 0.15) is 5.82 Å². The lowest BCUT2D eigenvalue weighted by Gasteiger charge is -2.26. The number of rotatable bonds is 5. The molecule has 1 atom stereocenters. The van der Waals surface area contributed by atoms with E-state index in [0.29, 0.717) is 37.7 Å². The number of halogens is 1. The molecule has 0 fully saturated rings. The number of hydrogen-bond acceptors (Lipinski definition) is 7. The Morgan fingerprint density at radius 3 is 2.63 bits per heavy atom. The van der Waals surface area contributed by atoms with Crippen LogP contribution in [0.3, 0.4) is 0 Å². The molecule has 0 saturated carbocycles. The molecule has 0 unspecified atom stereocenters. The molecule has 2 aliphatic heterocycles. The molecule has 7 nitrogen and oxygen atoms in total. The second kappa shape index (κ2) is 9.75. The molecule has 9 heteroatoms. The number of esters is 1. The molecule has 1 aromatic heterocycles. The Bertz CT molecular complexity index is 1760. The first-order valence-corrected chi connectivity index (χ1v) is 12.8. The number of thiazole rings is 1. The molecule has 0 radical (unpaired) electrons. The molecule has 3 aromatic carbocycles. The summed E-state index contributed by atoms with van der Waals surface area (Å²) in [5, 5.41) is 0. The first kappa shape index (κ1) is 23.9. The van der Waals surface area contributed by atoms with Gasteiger partial charge in [-0.15, -0.1) is 0 Å². The average Bonchev–Trinajstić information content (AvgIpc) is 3.53. The fourth-order valence-electron chi connectivity index (χ4n) is 4.55. The van der Waals surface area contributed by atoms with Gasteiger partial charge < -0.3 is 14.2 Å². The standard InChI is InChI=1S/C29H21FN2O5S/c1-2-35-28(34)24-25(18-6-4-3-5-7-18)31-29-32(26(24)19-10-13-21-22(15-19)37-16-36-21)27(33)23(38-29)14-17-8-11-20(30)12-9-17/h3-15,26H,2,16H2,1H3/b23-14-/t26-/m1/s1. The minimum atomic E-state index is -0.828. The summed E-state index contributed by atoms with van der Waals surface area (Å²) < 4.78 is 31.9. The van der Waals surface area contributed by atoms with Gasteiger partial charge in [-0.25, -0.2) is 14.2 Å². The van der Waals surface area contributed by atoms with Crippen molar-refractivity contribution in [2.45, 2.75) is 13.0 Å². The molecular formula is C29H21FN2O5S. The largest absolute Gasteiger partial charge is 0.463 e. The van der Waals surface area contributed by atoms with Gasteiger partial charge in [0.25, 0.3) is 5.56 Å². The van der Waals surface area contributed by atoms with E-state index in [1.165, 1.54) is 28.0 Å². The third-order valence-electron chi connectivity index (χ3n) is 6.25. The van der Waals surface area contributed by atoms with E-state index in [2.05, 4.69) is 0 Å². The van der Waals surface area contributed by atoms with Crippen LogP contribution in [0.4, 0.5) is 4.39 Å². The maximum absolute atomic E-state index is 13.8. The lowest BCUT2D eigenvalue weighted by atomic mass is 9.93. The summed E-state index contributed by atoms with van der Waals surface area (Å²) in [6.45, 7) is 1.98. The van der Waals surface area contributed by atoms with Gasteiger partial charge in [-0.3, -0.25) is 9.36 Å². The number of fused-ring (bicyclic) bond motifs is 2. The zero-order chi connectivity index (χ0) is 26.2. The summed E-state index contributed by atoms with van der Waals surface area (Å²) in [5.74, 6) is 0.184. The average molecular weight is 529 g/mol. The quantitative estimate of drug-likeness (QED) is 0.368. The predicted octanol–water partition coefficient (Wildman–Crippen LogP) is 3.80. The van der Waals surface area contributed by atoms with E-state index in [9.17, 15) is 14.0 Å². The molecule has 0 aliphatic carbocycles. The molecule has 0 N–H and O–H groups in total. The number of ether oxygens (including phenoxy) is 3. The van der Waals surface area contributed by atoms with Crippen LogP contribution in [0.15, 0.2) is 88.2 Å². The zero-order valence-electron chi connectivity index (χ0n) is 20.2. The van der Waals surface area contributed by atoms with Gasteiger partial charge in [-0.05, 0) is 48.4 Å². The Morgan fingerprint density at radius 2 is 1.87 bits per heavy atom. The van der Waals surface area contributed by atoms with Gasteiger partial charge in [-0.1, -0.05) is 59.9 Å². The first-order valence-electron chi connectivity index (χ1n) is 12.0. The molecular weight excluding hydrogens is 507 g/mol. The molecule has 4 aromatic rings. The number of benzene rings is 3. The van der Waals surface area contributed by atoms with Gasteiger partial charge in [-0.2, -0.15) is 0 Å². The third-order valence-corrected chi connectivity index (χ3v) is 7.24. The highest BCUT2D eigenvalue weighted by Gasteiger charge is 2.36. The van der Waals surface area contributed by atoms with Gasteiger partial charge in [0, 0.05) is 5.56 Å². The first-order chi connectivity index (χ1) is 18.5. The van der Waals surface area contributed by atoms with Crippen molar-refractivity contribution in [3.8, 4) is 11.5 Å². The summed E-state index contributed by atoms with van der Waals surface area (Å²) in [6.07, 6.45) is 1.69. The number of hydrogen-bond donors (Lipinski definition) is 0. The number of carbonyl (C=O) groups excluding carboxylic acids is 1. The summed E-state index contributed by atoms with van der Waals surface area (Å²) >= 11 is 1.20. The van der Waals surface area contributed by atoms with Crippen LogP contribution in [0.25, 0.3) is 11.8 Å². The SMILES string of the molecule is CCOC(=O)C1=C(c2ccccc2)N=c2s/c(=C\c3ccc(F)cc3)c(=O)n2[C@@H]1c1ccc2c(c1)OCO2. The summed E-state index contributed by atoms with van der Waals surface area (Å²) in [5.41, 5.74) is 2.39. The maximum atomic E-state index is 13.8. The number of aromatic nitrogens is 1.